The van der Waals surface area contributed by atoms with Gasteiger partial charge in [0.15, 0.2) is 0 Å². The molecule has 166 valence electrons. The number of hydrogen-bond acceptors (Lipinski definition) is 8. The van der Waals surface area contributed by atoms with Gasteiger partial charge in [-0.25, -0.2) is 14.3 Å². The second kappa shape index (κ2) is 8.67. The first-order valence-corrected chi connectivity index (χ1v) is 9.84. The topological polar surface area (TPSA) is 101 Å². The fourth-order valence-corrected chi connectivity index (χ4v) is 3.60. The second-order valence-corrected chi connectivity index (χ2v) is 7.18. The van der Waals surface area contributed by atoms with Crippen LogP contribution in [0, 0.1) is 6.92 Å². The van der Waals surface area contributed by atoms with Crippen molar-refractivity contribution >= 4 is 17.6 Å². The Morgan fingerprint density at radius 1 is 1.00 bits per heavy atom. The van der Waals surface area contributed by atoms with Gasteiger partial charge in [0.05, 0.1) is 43.5 Å². The average molecular weight is 437 g/mol. The molecule has 0 spiro atoms. The van der Waals surface area contributed by atoms with Gasteiger partial charge in [-0.05, 0) is 37.3 Å². The molecule has 10 nitrogen and oxygen atoms in total. The van der Waals surface area contributed by atoms with Gasteiger partial charge >= 0.3 is 11.9 Å². The van der Waals surface area contributed by atoms with E-state index in [4.69, 9.17) is 14.2 Å². The van der Waals surface area contributed by atoms with E-state index in [9.17, 15) is 9.59 Å². The molecule has 10 heteroatoms. The number of hydrogen-bond donors (Lipinski definition) is 0. The number of esters is 2. The first-order chi connectivity index (χ1) is 15.4. The Balaban J connectivity index is 1.64. The molecule has 0 unspecified atom stereocenters. The highest BCUT2D eigenvalue weighted by Gasteiger charge is 2.32. The van der Waals surface area contributed by atoms with Crippen LogP contribution in [0.3, 0.4) is 0 Å². The van der Waals surface area contributed by atoms with Crippen LogP contribution < -0.4 is 4.90 Å². The Hall–Kier alpha value is -3.92. The predicted octanol–water partition coefficient (Wildman–Crippen LogP) is 1.98. The zero-order valence-electron chi connectivity index (χ0n) is 18.2. The quantitative estimate of drug-likeness (QED) is 0.559. The molecule has 0 bridgehead atoms. The highest BCUT2D eigenvalue weighted by molar-refractivity contribution is 6.03. The summed E-state index contributed by atoms with van der Waals surface area (Å²) in [5.74, 6) is -1.28. The van der Waals surface area contributed by atoms with Crippen LogP contribution in [-0.4, -0.2) is 59.1 Å². The van der Waals surface area contributed by atoms with E-state index in [0.29, 0.717) is 5.69 Å². The Morgan fingerprint density at radius 2 is 1.69 bits per heavy atom. The number of aryl methyl sites for hydroxylation is 2. The summed E-state index contributed by atoms with van der Waals surface area (Å²) in [6.07, 6.45) is 3.80. The fraction of sp³-hybridized carbons (Fsp3) is 0.273. The number of carbonyl (C=O) groups is 2. The first-order valence-electron chi connectivity index (χ1n) is 9.84. The SMILES string of the molecule is COC(=O)C1=C(C(=O)OC)N(c2ccc(-n3ccc(-c4cn(C)nc4C)n3)cc2)COC1. The van der Waals surface area contributed by atoms with E-state index in [1.54, 1.807) is 14.3 Å². The molecule has 0 atom stereocenters. The highest BCUT2D eigenvalue weighted by atomic mass is 16.5. The summed E-state index contributed by atoms with van der Waals surface area (Å²) in [5, 5.41) is 9.01. The number of aromatic nitrogens is 4. The van der Waals surface area contributed by atoms with Gasteiger partial charge < -0.3 is 19.1 Å². The van der Waals surface area contributed by atoms with Gasteiger partial charge in [-0.2, -0.15) is 10.2 Å². The third-order valence-electron chi connectivity index (χ3n) is 5.14. The van der Waals surface area contributed by atoms with Gasteiger partial charge in [-0.1, -0.05) is 0 Å². The van der Waals surface area contributed by atoms with E-state index < -0.39 is 11.9 Å². The third-order valence-corrected chi connectivity index (χ3v) is 5.14. The summed E-state index contributed by atoms with van der Waals surface area (Å²) in [7, 11) is 4.39. The molecular formula is C22H23N5O5. The van der Waals surface area contributed by atoms with Crippen molar-refractivity contribution in [2.24, 2.45) is 7.05 Å². The minimum absolute atomic E-state index is 0.0322. The largest absolute Gasteiger partial charge is 0.466 e. The van der Waals surface area contributed by atoms with Crippen molar-refractivity contribution in [1.29, 1.82) is 0 Å². The molecule has 2 aromatic heterocycles. The molecule has 3 heterocycles. The van der Waals surface area contributed by atoms with Crippen LogP contribution in [0.5, 0.6) is 0 Å². The molecule has 4 rings (SSSR count). The van der Waals surface area contributed by atoms with Crippen molar-refractivity contribution in [2.45, 2.75) is 6.92 Å². The van der Waals surface area contributed by atoms with Gasteiger partial charge in [0, 0.05) is 30.7 Å². The van der Waals surface area contributed by atoms with Gasteiger partial charge in [-0.3, -0.25) is 4.68 Å². The van der Waals surface area contributed by atoms with E-state index in [1.165, 1.54) is 14.2 Å². The molecule has 1 aromatic carbocycles. The van der Waals surface area contributed by atoms with Crippen molar-refractivity contribution in [2.75, 3.05) is 32.5 Å². The smallest absolute Gasteiger partial charge is 0.355 e. The molecule has 0 fully saturated rings. The van der Waals surface area contributed by atoms with Crippen molar-refractivity contribution in [3.63, 3.8) is 0 Å². The molecule has 0 radical (unpaired) electrons. The van der Waals surface area contributed by atoms with Crippen LogP contribution in [-0.2, 0) is 30.8 Å². The van der Waals surface area contributed by atoms with Gasteiger partial charge in [0.25, 0.3) is 0 Å². The van der Waals surface area contributed by atoms with Crippen molar-refractivity contribution in [3.8, 4) is 16.9 Å². The Kier molecular flexibility index (Phi) is 5.78. The summed E-state index contributed by atoms with van der Waals surface area (Å²) in [5.41, 5.74) is 4.40. The molecule has 1 aliphatic heterocycles. The van der Waals surface area contributed by atoms with Gasteiger partial charge in [0.2, 0.25) is 0 Å². The van der Waals surface area contributed by atoms with E-state index in [0.717, 1.165) is 22.6 Å². The van der Waals surface area contributed by atoms with Crippen LogP contribution in [0.2, 0.25) is 0 Å². The summed E-state index contributed by atoms with van der Waals surface area (Å²) < 4.78 is 18.7. The zero-order valence-corrected chi connectivity index (χ0v) is 18.2. The molecule has 0 aliphatic carbocycles. The second-order valence-electron chi connectivity index (χ2n) is 7.18. The number of nitrogens with zero attached hydrogens (tertiary/aromatic N) is 5. The van der Waals surface area contributed by atoms with Crippen LogP contribution >= 0.6 is 0 Å². The minimum Gasteiger partial charge on any atom is -0.466 e. The minimum atomic E-state index is -0.638. The van der Waals surface area contributed by atoms with Gasteiger partial charge in [0.1, 0.15) is 12.4 Å². The first kappa shape index (κ1) is 21.3. The number of rotatable bonds is 5. The normalized spacial score (nSPS) is 13.9. The highest BCUT2D eigenvalue weighted by Crippen LogP contribution is 2.28. The number of benzene rings is 1. The lowest BCUT2D eigenvalue weighted by Crippen LogP contribution is -2.38. The summed E-state index contributed by atoms with van der Waals surface area (Å²) in [4.78, 5) is 26.2. The van der Waals surface area contributed by atoms with Gasteiger partial charge in [-0.15, -0.1) is 0 Å². The number of ether oxygens (including phenoxy) is 3. The Bertz CT molecular complexity index is 1190. The van der Waals surface area contributed by atoms with Crippen LogP contribution in [0.25, 0.3) is 16.9 Å². The average Bonchev–Trinajstić information content (AvgIpc) is 3.43. The number of carbonyl (C=O) groups excluding carboxylic acids is 2. The standard InChI is InChI=1S/C22H23N5O5/c1-14-17(11-25(2)23-14)19-9-10-27(24-19)16-7-5-15(6-8-16)26-13-32-12-18(21(28)30-3)20(26)22(29)31-4/h5-11H,12-13H2,1-4H3. The van der Waals surface area contributed by atoms with Crippen molar-refractivity contribution in [3.05, 3.63) is 59.7 Å². The lowest BCUT2D eigenvalue weighted by atomic mass is 10.1. The van der Waals surface area contributed by atoms with E-state index in [2.05, 4.69) is 10.2 Å². The molecule has 1 aliphatic rings. The van der Waals surface area contributed by atoms with Crippen LogP contribution in [0.15, 0.2) is 54.0 Å². The monoisotopic (exact) mass is 437 g/mol. The van der Waals surface area contributed by atoms with Crippen LogP contribution in [0.1, 0.15) is 5.69 Å². The Morgan fingerprint density at radius 3 is 2.31 bits per heavy atom. The maximum Gasteiger partial charge on any atom is 0.355 e. The maximum absolute atomic E-state index is 12.4. The maximum atomic E-state index is 12.4. The molecular weight excluding hydrogens is 414 g/mol. The van der Waals surface area contributed by atoms with Crippen LogP contribution in [0.4, 0.5) is 5.69 Å². The number of anilines is 1. The summed E-state index contributed by atoms with van der Waals surface area (Å²) >= 11 is 0. The molecule has 0 saturated heterocycles. The molecule has 32 heavy (non-hydrogen) atoms. The fourth-order valence-electron chi connectivity index (χ4n) is 3.60. The lowest BCUT2D eigenvalue weighted by molar-refractivity contribution is -0.140. The predicted molar refractivity (Wildman–Crippen MR) is 115 cm³/mol. The zero-order chi connectivity index (χ0) is 22.8. The van der Waals surface area contributed by atoms with E-state index in [1.807, 2.05) is 56.7 Å². The molecule has 0 saturated carbocycles. The van der Waals surface area contributed by atoms with Crippen molar-refractivity contribution < 1.29 is 23.8 Å². The van der Waals surface area contributed by atoms with E-state index >= 15 is 0 Å². The number of methoxy groups -OCH3 is 2. The lowest BCUT2D eigenvalue weighted by Gasteiger charge is -2.31. The molecule has 0 amide bonds. The van der Waals surface area contributed by atoms with Crippen molar-refractivity contribution in [1.82, 2.24) is 19.6 Å². The summed E-state index contributed by atoms with van der Waals surface area (Å²) in [6, 6.07) is 9.29. The molecule has 3 aromatic rings. The van der Waals surface area contributed by atoms with E-state index in [-0.39, 0.29) is 24.6 Å². The third kappa shape index (κ3) is 3.87. The molecule has 0 N–H and O–H groups in total. The summed E-state index contributed by atoms with van der Waals surface area (Å²) in [6.45, 7) is 2.00. The Labute approximate surface area is 184 Å².